The molecule has 0 bridgehead atoms. The van der Waals surface area contributed by atoms with Gasteiger partial charge in [-0.15, -0.1) is 0 Å². The second-order valence-electron chi connectivity index (χ2n) is 4.71. The highest BCUT2D eigenvalue weighted by molar-refractivity contribution is 6.49. The molecule has 0 saturated heterocycles. The van der Waals surface area contributed by atoms with Crippen LogP contribution in [-0.4, -0.2) is 84.1 Å². The highest BCUT2D eigenvalue weighted by atomic mass is 28.3. The molecule has 6 nitrogen and oxygen atoms in total. The topological polar surface area (TPSA) is 37.4 Å². The minimum Gasteiger partial charge on any atom is -0.315 e. The summed E-state index contributed by atoms with van der Waals surface area (Å²) in [4.78, 5) is 0. The van der Waals surface area contributed by atoms with Crippen LogP contribution in [0.1, 0.15) is 20.8 Å². The summed E-state index contributed by atoms with van der Waals surface area (Å²) >= 11 is 0. The van der Waals surface area contributed by atoms with Gasteiger partial charge in [-0.2, -0.15) is 0 Å². The Balaban J connectivity index is 5.28. The van der Waals surface area contributed by atoms with Crippen molar-refractivity contribution in [2.75, 3.05) is 55.1 Å². The molecule has 7 heteroatoms. The van der Waals surface area contributed by atoms with E-state index < -0.39 is 15.4 Å². The van der Waals surface area contributed by atoms with Gasteiger partial charge < -0.3 is 23.3 Å². The Kier molecular flexibility index (Phi) is 9.00. The summed E-state index contributed by atoms with van der Waals surface area (Å²) in [7, 11) is 8.71. The lowest BCUT2D eigenvalue weighted by molar-refractivity contribution is -0.425. The van der Waals surface area contributed by atoms with Gasteiger partial charge in [0.25, 0.3) is 9.28 Å². The van der Waals surface area contributed by atoms with Crippen LogP contribution < -0.4 is 0 Å². The zero-order chi connectivity index (χ0) is 15.1. The monoisotopic (exact) mass is 293 g/mol. The lowest BCUT2D eigenvalue weighted by Crippen LogP contribution is -2.67. The summed E-state index contributed by atoms with van der Waals surface area (Å²) in [5, 5.41) is 0. The molecule has 0 fully saturated rings. The third-order valence-corrected chi connectivity index (χ3v) is 5.54. The van der Waals surface area contributed by atoms with Crippen LogP contribution in [0.5, 0.6) is 0 Å². The summed E-state index contributed by atoms with van der Waals surface area (Å²) in [5.41, 5.74) is 0. The molecule has 0 aliphatic heterocycles. The first-order valence-electron chi connectivity index (χ1n) is 6.83. The molecule has 0 aromatic carbocycles. The lowest BCUT2D eigenvalue weighted by atomic mass is 10.7. The zero-order valence-corrected chi connectivity index (χ0v) is 14.9. The van der Waals surface area contributed by atoms with Crippen LogP contribution in [0.4, 0.5) is 0 Å². The van der Waals surface area contributed by atoms with Gasteiger partial charge in [-0.1, -0.05) is 0 Å². The summed E-state index contributed by atoms with van der Waals surface area (Å²) in [6.07, 6.45) is -1.09. The van der Waals surface area contributed by atoms with Crippen LogP contribution in [0.2, 0.25) is 0 Å². The normalized spacial score (nSPS) is 13.3. The molecule has 0 saturated carbocycles. The zero-order valence-electron chi connectivity index (χ0n) is 13.8. The maximum atomic E-state index is 5.82. The van der Waals surface area contributed by atoms with Gasteiger partial charge in [0.1, 0.15) is 0 Å². The van der Waals surface area contributed by atoms with Crippen molar-refractivity contribution in [2.24, 2.45) is 0 Å². The molecule has 0 aromatic heterocycles. The first-order valence-corrected chi connectivity index (χ1v) is 8.38. The highest BCUT2D eigenvalue weighted by Crippen LogP contribution is 2.22. The van der Waals surface area contributed by atoms with Crippen LogP contribution in [0.25, 0.3) is 0 Å². The van der Waals surface area contributed by atoms with Gasteiger partial charge in [0, 0.05) is 0 Å². The molecule has 0 aromatic rings. The van der Waals surface area contributed by atoms with Crippen molar-refractivity contribution in [3.05, 3.63) is 0 Å². The van der Waals surface area contributed by atoms with E-state index in [1.54, 1.807) is 0 Å². The molecule has 19 heavy (non-hydrogen) atoms. The van der Waals surface area contributed by atoms with Crippen LogP contribution in [0, 0.1) is 0 Å². The number of rotatable bonds is 10. The smallest absolute Gasteiger partial charge is 0.315 e. The Morgan fingerprint density at radius 1 is 0.737 bits per heavy atom. The summed E-state index contributed by atoms with van der Waals surface area (Å²) in [6.45, 7) is 7.44. The van der Waals surface area contributed by atoms with Crippen LogP contribution in [-0.2, 0) is 14.2 Å². The van der Waals surface area contributed by atoms with Crippen molar-refractivity contribution in [1.29, 1.82) is 0 Å². The predicted octanol–water partition coefficient (Wildman–Crippen LogP) is 0.479. The van der Waals surface area contributed by atoms with Gasteiger partial charge >= 0.3 is 6.10 Å². The molecule has 116 valence electrons. The Labute approximate surface area is 120 Å². The van der Waals surface area contributed by atoms with Crippen LogP contribution in [0.3, 0.4) is 0 Å². The van der Waals surface area contributed by atoms with Crippen molar-refractivity contribution in [2.45, 2.75) is 26.9 Å². The molecule has 0 unspecified atom stereocenters. The summed E-state index contributed by atoms with van der Waals surface area (Å²) in [5.74, 6) is 0. The van der Waals surface area contributed by atoms with Crippen LogP contribution in [0.15, 0.2) is 0 Å². The molecule has 0 radical (unpaired) electrons. The second kappa shape index (κ2) is 9.01. The van der Waals surface area contributed by atoms with Gasteiger partial charge in [0.05, 0.1) is 19.8 Å². The van der Waals surface area contributed by atoms with Gasteiger partial charge in [0.2, 0.25) is 0 Å². The molecule has 0 atom stereocenters. The van der Waals surface area contributed by atoms with Crippen molar-refractivity contribution in [3.63, 3.8) is 0 Å². The van der Waals surface area contributed by atoms with Crippen molar-refractivity contribution >= 4 is 9.28 Å². The molecular weight excluding hydrogens is 262 g/mol. The van der Waals surface area contributed by atoms with E-state index >= 15 is 0 Å². The SMILES string of the molecule is CCOC(OCC)(OCC)N(C)[SiH](N(C)C)N(C)C. The minimum absolute atomic E-state index is 0.534. The molecule has 0 aliphatic carbocycles. The second-order valence-corrected chi connectivity index (χ2v) is 8.24. The Bertz CT molecular complexity index is 217. The fourth-order valence-electron chi connectivity index (χ4n) is 2.27. The first-order chi connectivity index (χ1) is 8.86. The number of hydrogen-bond acceptors (Lipinski definition) is 6. The van der Waals surface area contributed by atoms with Crippen molar-refractivity contribution in [1.82, 2.24) is 13.7 Å². The van der Waals surface area contributed by atoms with E-state index in [-0.39, 0.29) is 0 Å². The predicted molar refractivity (Wildman–Crippen MR) is 79.9 cm³/mol. The van der Waals surface area contributed by atoms with Gasteiger partial charge in [-0.3, -0.25) is 0 Å². The van der Waals surface area contributed by atoms with E-state index in [2.05, 4.69) is 41.9 Å². The van der Waals surface area contributed by atoms with E-state index in [1.165, 1.54) is 0 Å². The standard InChI is InChI=1S/C12H31N3O3Si/c1-9-16-12(17-10-2,18-11-3)15(8)19(13(4)5)14(6)7/h19H,9-11H2,1-8H3. The molecule has 0 aliphatic rings. The van der Waals surface area contributed by atoms with Gasteiger partial charge in [0.15, 0.2) is 0 Å². The Morgan fingerprint density at radius 3 is 1.26 bits per heavy atom. The number of hydrogen-bond donors (Lipinski definition) is 0. The molecule has 0 N–H and O–H groups in total. The molecule has 0 heterocycles. The maximum Gasteiger partial charge on any atom is 0.348 e. The van der Waals surface area contributed by atoms with Crippen molar-refractivity contribution in [3.8, 4) is 0 Å². The number of ether oxygens (including phenoxy) is 3. The van der Waals surface area contributed by atoms with Gasteiger partial charge in [-0.25, -0.2) is 4.57 Å². The van der Waals surface area contributed by atoms with E-state index in [4.69, 9.17) is 14.2 Å². The molecule has 0 rings (SSSR count). The average molecular weight is 293 g/mol. The average Bonchev–Trinajstić information content (AvgIpc) is 2.28. The Morgan fingerprint density at radius 2 is 1.05 bits per heavy atom. The van der Waals surface area contributed by atoms with Gasteiger partial charge in [-0.05, 0) is 56.0 Å². The highest BCUT2D eigenvalue weighted by Gasteiger charge is 2.44. The summed E-state index contributed by atoms with van der Waals surface area (Å²) in [6, 6.07) is 0. The molecule has 0 spiro atoms. The van der Waals surface area contributed by atoms with E-state index in [9.17, 15) is 0 Å². The van der Waals surface area contributed by atoms with Crippen LogP contribution >= 0.6 is 0 Å². The Hall–Kier alpha value is -0.0231. The third kappa shape index (κ3) is 5.11. The third-order valence-electron chi connectivity index (χ3n) is 2.68. The maximum absolute atomic E-state index is 5.82. The fourth-order valence-corrected chi connectivity index (χ4v) is 5.09. The quantitative estimate of drug-likeness (QED) is 0.431. The lowest BCUT2D eigenvalue weighted by Gasteiger charge is -2.45. The fraction of sp³-hybridized carbons (Fsp3) is 1.00. The van der Waals surface area contributed by atoms with E-state index in [0.29, 0.717) is 19.8 Å². The first kappa shape index (κ1) is 19.0. The largest absolute Gasteiger partial charge is 0.348 e. The van der Waals surface area contributed by atoms with Crippen molar-refractivity contribution < 1.29 is 14.2 Å². The van der Waals surface area contributed by atoms with E-state index in [0.717, 1.165) is 0 Å². The number of nitrogens with zero attached hydrogens (tertiary/aromatic N) is 3. The molecular formula is C12H31N3O3Si. The molecule has 0 amide bonds. The summed E-state index contributed by atoms with van der Waals surface area (Å²) < 4.78 is 24.0. The van der Waals surface area contributed by atoms with E-state index in [1.807, 2.05) is 27.8 Å². The minimum atomic E-state index is -1.57.